The van der Waals surface area contributed by atoms with Crippen LogP contribution < -0.4 is 5.11 Å². The Morgan fingerprint density at radius 2 is 1.85 bits per heavy atom. The Bertz CT molecular complexity index is 140. The molecule has 0 aromatic carbocycles. The number of aliphatic hydroxyl groups is 1. The Morgan fingerprint density at radius 1 is 1.54 bits per heavy atom. The van der Waals surface area contributed by atoms with Crippen LogP contribution in [0.1, 0.15) is 13.8 Å². The average molecular weight is 193 g/mol. The number of rotatable bonds is 3. The van der Waals surface area contributed by atoms with E-state index in [-0.39, 0.29) is 0 Å². The average Bonchev–Trinajstić information content (AvgIpc) is 1.85. The van der Waals surface area contributed by atoms with Crippen molar-refractivity contribution >= 4 is 5.97 Å². The lowest BCUT2D eigenvalue weighted by molar-refractivity contribution is -1.06. The van der Waals surface area contributed by atoms with Crippen LogP contribution in [-0.4, -0.2) is 49.6 Å². The summed E-state index contributed by atoms with van der Waals surface area (Å²) in [6, 6.07) is 0. The number of nitrogens with zero attached hydrogens (tertiary/aromatic N) is 1. The maximum Gasteiger partial charge on any atom is 0.103 e. The summed E-state index contributed by atoms with van der Waals surface area (Å²) in [4.78, 5) is 14.5. The molecule has 0 aromatic rings. The monoisotopic (exact) mass is 193 g/mol. The van der Waals surface area contributed by atoms with Crippen molar-refractivity contribution in [2.75, 3.05) is 27.7 Å². The quantitative estimate of drug-likeness (QED) is 0.449. The van der Waals surface area contributed by atoms with E-state index in [1.165, 1.54) is 0 Å². The predicted molar refractivity (Wildman–Crippen MR) is 46.3 cm³/mol. The number of carboxylic acid groups (broad SMARTS) is 1. The molecule has 0 aliphatic heterocycles. The number of carbonyl (C=O) groups excluding carboxylic acids is 1. The molecule has 0 rings (SSSR count). The van der Waals surface area contributed by atoms with Crippen molar-refractivity contribution in [2.45, 2.75) is 20.0 Å². The molecule has 0 aliphatic rings. The summed E-state index contributed by atoms with van der Waals surface area (Å²) < 4.78 is 0.594. The summed E-state index contributed by atoms with van der Waals surface area (Å²) >= 11 is 0. The van der Waals surface area contributed by atoms with Gasteiger partial charge in [0.25, 0.3) is 0 Å². The normalized spacial score (nSPS) is 12.8. The van der Waals surface area contributed by atoms with Gasteiger partial charge in [0, 0.05) is 0 Å². The Balaban J connectivity index is 0. The van der Waals surface area contributed by atoms with E-state index < -0.39 is 12.1 Å². The van der Waals surface area contributed by atoms with Gasteiger partial charge in [0.2, 0.25) is 0 Å². The van der Waals surface area contributed by atoms with E-state index in [9.17, 15) is 9.90 Å². The molecule has 0 bridgehead atoms. The molecular weight excluding hydrogens is 174 g/mol. The summed E-state index contributed by atoms with van der Waals surface area (Å²) in [5, 5.41) is 17.3. The summed E-state index contributed by atoms with van der Waals surface area (Å²) in [6.45, 7) is 3.91. The topological polar surface area (TPSA) is 69.6 Å². The number of hydroxylamine groups is 3. The highest BCUT2D eigenvalue weighted by Crippen LogP contribution is 1.88. The van der Waals surface area contributed by atoms with Gasteiger partial charge in [-0.05, 0) is 13.8 Å². The molecule has 1 atom stereocenters. The minimum absolute atomic E-state index is 0.594. The highest BCUT2D eigenvalue weighted by molar-refractivity contribution is 5.68. The van der Waals surface area contributed by atoms with E-state index in [4.69, 9.17) is 9.94 Å². The van der Waals surface area contributed by atoms with E-state index in [1.807, 2.05) is 28.1 Å². The molecule has 5 heteroatoms. The van der Waals surface area contributed by atoms with Crippen molar-refractivity contribution in [1.82, 2.24) is 0 Å². The number of quaternary nitrogens is 1. The molecule has 0 heterocycles. The summed E-state index contributed by atoms with van der Waals surface area (Å²) in [5.41, 5.74) is 0. The standard InChI is InChI=1S/C5H14NO.C3H6O3/c1-5-7-6(2,3)4;1-2(4)3(5)6/h5H2,1-4H3;2,4H,1H3,(H,5,6)/q+1;/p-1. The van der Waals surface area contributed by atoms with Gasteiger partial charge in [-0.3, -0.25) is 0 Å². The van der Waals surface area contributed by atoms with Gasteiger partial charge in [-0.25, -0.2) is 4.84 Å². The number of carbonyl (C=O) groups is 1. The fourth-order valence-electron chi connectivity index (χ4n) is 0.387. The van der Waals surface area contributed by atoms with Gasteiger partial charge in [0.15, 0.2) is 0 Å². The van der Waals surface area contributed by atoms with Crippen LogP contribution in [0.5, 0.6) is 0 Å². The van der Waals surface area contributed by atoms with E-state index in [1.54, 1.807) is 0 Å². The molecule has 0 amide bonds. The molecule has 0 radical (unpaired) electrons. The number of hydrogen-bond donors (Lipinski definition) is 1. The van der Waals surface area contributed by atoms with Gasteiger partial charge in [0.05, 0.1) is 33.2 Å². The third-order valence-electron chi connectivity index (χ3n) is 0.858. The molecule has 0 saturated heterocycles. The van der Waals surface area contributed by atoms with Crippen molar-refractivity contribution in [2.24, 2.45) is 0 Å². The largest absolute Gasteiger partial charge is 0.547 e. The number of carboxylic acids is 1. The fourth-order valence-corrected chi connectivity index (χ4v) is 0.387. The van der Waals surface area contributed by atoms with Crippen LogP contribution >= 0.6 is 0 Å². The Kier molecular flexibility index (Phi) is 7.79. The zero-order chi connectivity index (χ0) is 11.1. The van der Waals surface area contributed by atoms with E-state index in [0.717, 1.165) is 13.5 Å². The second-order valence-corrected chi connectivity index (χ2v) is 3.30. The van der Waals surface area contributed by atoms with Gasteiger partial charge >= 0.3 is 0 Å². The first-order valence-corrected chi connectivity index (χ1v) is 4.05. The van der Waals surface area contributed by atoms with Crippen molar-refractivity contribution < 1.29 is 24.5 Å². The fraction of sp³-hybridized carbons (Fsp3) is 0.875. The Labute approximate surface area is 79.1 Å². The lowest BCUT2D eigenvalue weighted by Gasteiger charge is -2.19. The van der Waals surface area contributed by atoms with Gasteiger partial charge in [-0.2, -0.15) is 4.65 Å². The van der Waals surface area contributed by atoms with Gasteiger partial charge in [-0.1, -0.05) is 0 Å². The van der Waals surface area contributed by atoms with E-state index in [2.05, 4.69) is 0 Å². The number of hydrogen-bond acceptors (Lipinski definition) is 4. The second-order valence-electron chi connectivity index (χ2n) is 3.30. The first kappa shape index (κ1) is 14.9. The molecule has 1 unspecified atom stereocenters. The molecule has 0 fully saturated rings. The maximum atomic E-state index is 9.34. The third kappa shape index (κ3) is 18.4. The maximum absolute atomic E-state index is 9.34. The SMILES string of the molecule is CC(O)C(=O)[O-].CCO[N+](C)(C)C. The molecule has 1 N–H and O–H groups in total. The van der Waals surface area contributed by atoms with Crippen molar-refractivity contribution in [3.8, 4) is 0 Å². The molecule has 13 heavy (non-hydrogen) atoms. The van der Waals surface area contributed by atoms with Crippen molar-refractivity contribution in [3.63, 3.8) is 0 Å². The van der Waals surface area contributed by atoms with E-state index >= 15 is 0 Å². The zero-order valence-electron chi connectivity index (χ0n) is 8.90. The smallest absolute Gasteiger partial charge is 0.103 e. The third-order valence-corrected chi connectivity index (χ3v) is 0.858. The summed E-state index contributed by atoms with van der Waals surface area (Å²) in [6.07, 6.45) is -1.34. The van der Waals surface area contributed by atoms with Crippen molar-refractivity contribution in [1.29, 1.82) is 0 Å². The van der Waals surface area contributed by atoms with Gasteiger partial charge in [-0.15, -0.1) is 0 Å². The zero-order valence-corrected chi connectivity index (χ0v) is 8.90. The number of aliphatic hydroxyl groups excluding tert-OH is 1. The van der Waals surface area contributed by atoms with E-state index in [0.29, 0.717) is 4.65 Å². The Hall–Kier alpha value is -0.650. The first-order chi connectivity index (χ1) is 5.70. The molecule has 5 nitrogen and oxygen atoms in total. The van der Waals surface area contributed by atoms with Crippen molar-refractivity contribution in [3.05, 3.63) is 0 Å². The molecular formula is C8H19NO4. The molecule has 80 valence electrons. The van der Waals surface area contributed by atoms with Crippen LogP contribution in [0.3, 0.4) is 0 Å². The van der Waals surface area contributed by atoms with Gasteiger partial charge in [0.1, 0.15) is 6.61 Å². The molecule has 0 saturated carbocycles. The van der Waals surface area contributed by atoms with Gasteiger partial charge < -0.3 is 15.0 Å². The van der Waals surface area contributed by atoms with Crippen LogP contribution in [0.25, 0.3) is 0 Å². The first-order valence-electron chi connectivity index (χ1n) is 4.05. The highest BCUT2D eigenvalue weighted by atomic mass is 16.7. The molecule has 0 aromatic heterocycles. The van der Waals surface area contributed by atoms with Crippen LogP contribution in [0.2, 0.25) is 0 Å². The van der Waals surface area contributed by atoms with Crippen LogP contribution in [-0.2, 0) is 9.63 Å². The molecule has 0 aliphatic carbocycles. The lowest BCUT2D eigenvalue weighted by Crippen LogP contribution is -2.34. The summed E-state index contributed by atoms with van der Waals surface area (Å²) in [5.74, 6) is -1.44. The minimum atomic E-state index is -1.44. The predicted octanol–water partition coefficient (Wildman–Crippen LogP) is -1.24. The van der Waals surface area contributed by atoms with Crippen LogP contribution in [0.4, 0.5) is 0 Å². The number of aliphatic carboxylic acids is 1. The summed E-state index contributed by atoms with van der Waals surface area (Å²) in [7, 11) is 5.97. The minimum Gasteiger partial charge on any atom is -0.547 e. The van der Waals surface area contributed by atoms with Crippen LogP contribution in [0.15, 0.2) is 0 Å². The van der Waals surface area contributed by atoms with Crippen LogP contribution in [0, 0.1) is 0 Å². The lowest BCUT2D eigenvalue weighted by atomic mass is 10.4. The second kappa shape index (κ2) is 6.82. The molecule has 0 spiro atoms. The Morgan fingerprint density at radius 3 is 1.85 bits per heavy atom. The highest BCUT2D eigenvalue weighted by Gasteiger charge is 2.03.